The number of nitrogens with one attached hydrogen (secondary N) is 1. The van der Waals surface area contributed by atoms with Gasteiger partial charge in [0, 0.05) is 6.54 Å². The van der Waals surface area contributed by atoms with Crippen molar-refractivity contribution in [3.63, 3.8) is 0 Å². The van der Waals surface area contributed by atoms with Gasteiger partial charge in [-0.25, -0.2) is 0 Å². The molecule has 0 aliphatic rings. The van der Waals surface area contributed by atoms with Gasteiger partial charge in [-0.2, -0.15) is 0 Å². The van der Waals surface area contributed by atoms with Gasteiger partial charge in [-0.3, -0.25) is 9.59 Å². The molecule has 0 fully saturated rings. The molecule has 2 atom stereocenters. The number of carboxylic acid groups (broad SMARTS) is 1. The zero-order valence-electron chi connectivity index (χ0n) is 11.2. The van der Waals surface area contributed by atoms with Crippen molar-refractivity contribution < 1.29 is 14.7 Å². The number of rotatable bonds is 7. The SMILES string of the molecule is CCCC(C)(N)C(=O)NCC(C)(CC)C(=O)O. The van der Waals surface area contributed by atoms with Crippen LogP contribution < -0.4 is 11.1 Å². The molecule has 0 spiro atoms. The quantitative estimate of drug-likeness (QED) is 0.625. The molecule has 0 saturated carbocycles. The van der Waals surface area contributed by atoms with Crippen molar-refractivity contribution in [3.8, 4) is 0 Å². The topological polar surface area (TPSA) is 92.4 Å². The molecular formula is C12H24N2O3. The van der Waals surface area contributed by atoms with Crippen LogP contribution in [0.5, 0.6) is 0 Å². The van der Waals surface area contributed by atoms with E-state index in [-0.39, 0.29) is 12.5 Å². The lowest BCUT2D eigenvalue weighted by Gasteiger charge is -2.27. The highest BCUT2D eigenvalue weighted by Crippen LogP contribution is 2.20. The summed E-state index contributed by atoms with van der Waals surface area (Å²) in [6, 6.07) is 0. The summed E-state index contributed by atoms with van der Waals surface area (Å²) in [6.07, 6.45) is 1.84. The Hall–Kier alpha value is -1.10. The van der Waals surface area contributed by atoms with E-state index in [1.807, 2.05) is 6.92 Å². The van der Waals surface area contributed by atoms with E-state index in [0.29, 0.717) is 12.8 Å². The zero-order chi connectivity index (χ0) is 13.7. The van der Waals surface area contributed by atoms with Crippen LogP contribution in [0.2, 0.25) is 0 Å². The van der Waals surface area contributed by atoms with Gasteiger partial charge in [-0.15, -0.1) is 0 Å². The fraction of sp³-hybridized carbons (Fsp3) is 0.833. The van der Waals surface area contributed by atoms with E-state index in [9.17, 15) is 9.59 Å². The van der Waals surface area contributed by atoms with Crippen molar-refractivity contribution in [2.45, 2.75) is 52.5 Å². The van der Waals surface area contributed by atoms with Gasteiger partial charge in [0.15, 0.2) is 0 Å². The summed E-state index contributed by atoms with van der Waals surface area (Å²) in [7, 11) is 0. The Morgan fingerprint density at radius 2 is 1.82 bits per heavy atom. The number of hydrogen-bond acceptors (Lipinski definition) is 3. The van der Waals surface area contributed by atoms with Gasteiger partial charge in [0.05, 0.1) is 11.0 Å². The van der Waals surface area contributed by atoms with Crippen LogP contribution in [-0.2, 0) is 9.59 Å². The van der Waals surface area contributed by atoms with E-state index < -0.39 is 16.9 Å². The van der Waals surface area contributed by atoms with Crippen molar-refractivity contribution in [2.24, 2.45) is 11.1 Å². The molecule has 0 heterocycles. The predicted octanol–water partition coefficient (Wildman–Crippen LogP) is 1.12. The summed E-state index contributed by atoms with van der Waals surface area (Å²) in [4.78, 5) is 22.9. The second kappa shape index (κ2) is 6.00. The summed E-state index contributed by atoms with van der Waals surface area (Å²) in [5, 5.41) is 11.7. The van der Waals surface area contributed by atoms with E-state index in [4.69, 9.17) is 10.8 Å². The molecule has 5 nitrogen and oxygen atoms in total. The maximum absolute atomic E-state index is 11.8. The lowest BCUT2D eigenvalue weighted by Crippen LogP contribution is -2.54. The van der Waals surface area contributed by atoms with Crippen LogP contribution in [0.15, 0.2) is 0 Å². The van der Waals surface area contributed by atoms with E-state index in [2.05, 4.69) is 5.32 Å². The van der Waals surface area contributed by atoms with E-state index in [0.717, 1.165) is 6.42 Å². The molecule has 0 saturated heterocycles. The Labute approximate surface area is 103 Å². The van der Waals surface area contributed by atoms with Crippen LogP contribution in [0.3, 0.4) is 0 Å². The van der Waals surface area contributed by atoms with Crippen LogP contribution >= 0.6 is 0 Å². The highest BCUT2D eigenvalue weighted by Gasteiger charge is 2.34. The summed E-state index contributed by atoms with van der Waals surface area (Å²) < 4.78 is 0. The average molecular weight is 244 g/mol. The number of carbonyl (C=O) groups is 2. The zero-order valence-corrected chi connectivity index (χ0v) is 11.2. The Kier molecular flexibility index (Phi) is 5.61. The Balaban J connectivity index is 4.47. The third-order valence-electron chi connectivity index (χ3n) is 3.22. The molecule has 2 unspecified atom stereocenters. The van der Waals surface area contributed by atoms with Crippen molar-refractivity contribution in [1.82, 2.24) is 5.32 Å². The molecule has 4 N–H and O–H groups in total. The van der Waals surface area contributed by atoms with Gasteiger partial charge in [0.2, 0.25) is 5.91 Å². The molecule has 0 bridgehead atoms. The van der Waals surface area contributed by atoms with Crippen LogP contribution in [-0.4, -0.2) is 29.1 Å². The first-order chi connectivity index (χ1) is 7.69. The minimum Gasteiger partial charge on any atom is -0.481 e. The number of nitrogens with two attached hydrogens (primary N) is 1. The highest BCUT2D eigenvalue weighted by molar-refractivity contribution is 5.86. The maximum Gasteiger partial charge on any atom is 0.311 e. The van der Waals surface area contributed by atoms with E-state index in [1.165, 1.54) is 0 Å². The number of carboxylic acids is 1. The number of hydrogen-bond donors (Lipinski definition) is 3. The fourth-order valence-corrected chi connectivity index (χ4v) is 1.46. The Morgan fingerprint density at radius 3 is 2.18 bits per heavy atom. The summed E-state index contributed by atoms with van der Waals surface area (Å²) in [5.74, 6) is -1.20. The minimum absolute atomic E-state index is 0.105. The first-order valence-corrected chi connectivity index (χ1v) is 6.00. The molecule has 100 valence electrons. The molecule has 0 aliphatic heterocycles. The average Bonchev–Trinajstić information content (AvgIpc) is 2.24. The molecular weight excluding hydrogens is 220 g/mol. The normalized spacial score (nSPS) is 17.9. The first-order valence-electron chi connectivity index (χ1n) is 6.00. The fourth-order valence-electron chi connectivity index (χ4n) is 1.46. The maximum atomic E-state index is 11.8. The monoisotopic (exact) mass is 244 g/mol. The number of amides is 1. The lowest BCUT2D eigenvalue weighted by molar-refractivity contribution is -0.148. The Morgan fingerprint density at radius 1 is 1.29 bits per heavy atom. The summed E-state index contributed by atoms with van der Waals surface area (Å²) in [6.45, 7) is 7.12. The van der Waals surface area contributed by atoms with Gasteiger partial charge in [0.1, 0.15) is 0 Å². The van der Waals surface area contributed by atoms with Crippen molar-refractivity contribution in [3.05, 3.63) is 0 Å². The van der Waals surface area contributed by atoms with Gasteiger partial charge in [0.25, 0.3) is 0 Å². The molecule has 5 heteroatoms. The minimum atomic E-state index is -0.933. The molecule has 0 rings (SSSR count). The van der Waals surface area contributed by atoms with Crippen molar-refractivity contribution in [1.29, 1.82) is 0 Å². The smallest absolute Gasteiger partial charge is 0.311 e. The summed E-state index contributed by atoms with van der Waals surface area (Å²) in [5.41, 5.74) is 4.00. The largest absolute Gasteiger partial charge is 0.481 e. The van der Waals surface area contributed by atoms with Crippen LogP contribution in [0, 0.1) is 5.41 Å². The molecule has 0 aliphatic carbocycles. The Bertz CT molecular complexity index is 289. The second-order valence-electron chi connectivity index (χ2n) is 5.07. The molecule has 0 aromatic rings. The van der Waals surface area contributed by atoms with E-state index >= 15 is 0 Å². The highest BCUT2D eigenvalue weighted by atomic mass is 16.4. The third kappa shape index (κ3) is 4.34. The van der Waals surface area contributed by atoms with Gasteiger partial charge >= 0.3 is 5.97 Å². The van der Waals surface area contributed by atoms with Gasteiger partial charge < -0.3 is 16.2 Å². The first kappa shape index (κ1) is 15.9. The van der Waals surface area contributed by atoms with Crippen LogP contribution in [0.1, 0.15) is 47.0 Å². The van der Waals surface area contributed by atoms with Crippen LogP contribution in [0.25, 0.3) is 0 Å². The lowest BCUT2D eigenvalue weighted by atomic mass is 9.87. The van der Waals surface area contributed by atoms with Crippen LogP contribution in [0.4, 0.5) is 0 Å². The van der Waals surface area contributed by atoms with Gasteiger partial charge in [-0.1, -0.05) is 20.3 Å². The molecule has 0 radical (unpaired) electrons. The molecule has 17 heavy (non-hydrogen) atoms. The van der Waals surface area contributed by atoms with E-state index in [1.54, 1.807) is 20.8 Å². The molecule has 1 amide bonds. The third-order valence-corrected chi connectivity index (χ3v) is 3.22. The number of carbonyl (C=O) groups excluding carboxylic acids is 1. The summed E-state index contributed by atoms with van der Waals surface area (Å²) >= 11 is 0. The van der Waals surface area contributed by atoms with Crippen molar-refractivity contribution >= 4 is 11.9 Å². The molecule has 0 aromatic carbocycles. The van der Waals surface area contributed by atoms with Crippen molar-refractivity contribution in [2.75, 3.05) is 6.54 Å². The standard InChI is InChI=1S/C12H24N2O3/c1-5-7-12(4,13)9(15)14-8-11(3,6-2)10(16)17/h5-8,13H2,1-4H3,(H,14,15)(H,16,17). The second-order valence-corrected chi connectivity index (χ2v) is 5.07. The predicted molar refractivity (Wildman–Crippen MR) is 66.5 cm³/mol. The number of aliphatic carboxylic acids is 1. The molecule has 0 aromatic heterocycles. The van der Waals surface area contributed by atoms with Gasteiger partial charge in [-0.05, 0) is 26.7 Å².